The number of nitrogens with one attached hydrogen (secondary N) is 1. The van der Waals surface area contributed by atoms with Crippen LogP contribution in [0.5, 0.6) is 5.75 Å². The fraction of sp³-hybridized carbons (Fsp3) is 0.571. The molecular weight excluding hydrogens is 392 g/mol. The van der Waals surface area contributed by atoms with Crippen LogP contribution in [0, 0.1) is 11.8 Å². The van der Waals surface area contributed by atoms with Gasteiger partial charge < -0.3 is 10.1 Å². The highest BCUT2D eigenvalue weighted by molar-refractivity contribution is 9.10. The number of fused-ring (bicyclic) bond motifs is 2. The first kappa shape index (κ1) is 16.5. The topological polar surface area (TPSA) is 58.6 Å². The van der Waals surface area contributed by atoms with Gasteiger partial charge in [-0.05, 0) is 37.1 Å². The molecule has 3 aliphatic heterocycles. The normalized spacial score (nSPS) is 27.1. The van der Waals surface area contributed by atoms with Crippen molar-refractivity contribution in [2.75, 3.05) is 32.8 Å². The first-order valence-electron chi connectivity index (χ1n) is 7.22. The average Bonchev–Trinajstić information content (AvgIpc) is 3.11. The average molecular weight is 410 g/mol. The number of benzene rings is 1. The van der Waals surface area contributed by atoms with Gasteiger partial charge in [0.25, 0.3) is 0 Å². The van der Waals surface area contributed by atoms with Crippen molar-refractivity contribution in [2.45, 2.75) is 11.3 Å². The number of halogens is 2. The van der Waals surface area contributed by atoms with Crippen LogP contribution in [-0.2, 0) is 16.4 Å². The summed E-state index contributed by atoms with van der Waals surface area (Å²) in [6.45, 7) is 3.62. The SMILES string of the molecule is Cl.O=S(=O)(c1cc(Br)cc2c1OCC2)N1C[C@H]2CNC[C@H]2C1. The van der Waals surface area contributed by atoms with Crippen LogP contribution in [0.3, 0.4) is 0 Å². The number of nitrogens with zero attached hydrogens (tertiary/aromatic N) is 1. The molecule has 122 valence electrons. The van der Waals surface area contributed by atoms with Crippen LogP contribution in [-0.4, -0.2) is 45.5 Å². The summed E-state index contributed by atoms with van der Waals surface area (Å²) < 4.78 is 34.0. The van der Waals surface area contributed by atoms with Crippen LogP contribution < -0.4 is 10.1 Å². The minimum atomic E-state index is -3.48. The van der Waals surface area contributed by atoms with E-state index in [2.05, 4.69) is 21.2 Å². The number of hydrogen-bond donors (Lipinski definition) is 1. The van der Waals surface area contributed by atoms with E-state index in [0.29, 0.717) is 42.2 Å². The Bertz CT molecular complexity index is 686. The molecule has 1 aromatic carbocycles. The third kappa shape index (κ3) is 2.57. The third-order valence-corrected chi connectivity index (χ3v) is 6.98. The Morgan fingerprint density at radius 3 is 2.59 bits per heavy atom. The summed E-state index contributed by atoms with van der Waals surface area (Å²) in [4.78, 5) is 0.317. The summed E-state index contributed by atoms with van der Waals surface area (Å²) in [7, 11) is -3.48. The van der Waals surface area contributed by atoms with Crippen molar-refractivity contribution in [1.29, 1.82) is 0 Å². The van der Waals surface area contributed by atoms with Crippen molar-refractivity contribution in [2.24, 2.45) is 11.8 Å². The predicted molar refractivity (Wildman–Crippen MR) is 89.2 cm³/mol. The minimum absolute atomic E-state index is 0. The van der Waals surface area contributed by atoms with Crippen molar-refractivity contribution in [1.82, 2.24) is 9.62 Å². The van der Waals surface area contributed by atoms with Gasteiger partial charge in [-0.1, -0.05) is 15.9 Å². The van der Waals surface area contributed by atoms with Gasteiger partial charge in [0, 0.05) is 29.5 Å². The molecule has 3 heterocycles. The standard InChI is InChI=1S/C14H17BrN2O3S.ClH/c15-12-3-9-1-2-20-14(9)13(4-12)21(18,19)17-7-10-5-16-6-11(10)8-17;/h3-4,10-11,16H,1-2,5-8H2;1H/t10-,11+;. The fourth-order valence-corrected chi connectivity index (χ4v) is 5.99. The Morgan fingerprint density at radius 1 is 1.23 bits per heavy atom. The molecule has 0 unspecified atom stereocenters. The first-order chi connectivity index (χ1) is 10.1. The molecule has 0 saturated carbocycles. The quantitative estimate of drug-likeness (QED) is 0.807. The van der Waals surface area contributed by atoms with Crippen LogP contribution in [0.1, 0.15) is 5.56 Å². The highest BCUT2D eigenvalue weighted by Gasteiger charge is 2.42. The lowest BCUT2D eigenvalue weighted by Crippen LogP contribution is -2.32. The third-order valence-electron chi connectivity index (χ3n) is 4.69. The zero-order chi connectivity index (χ0) is 14.6. The van der Waals surface area contributed by atoms with Crippen molar-refractivity contribution in [3.8, 4) is 5.75 Å². The van der Waals surface area contributed by atoms with Crippen molar-refractivity contribution in [3.63, 3.8) is 0 Å². The molecule has 5 nitrogen and oxygen atoms in total. The molecule has 4 rings (SSSR count). The molecule has 2 fully saturated rings. The molecule has 0 aliphatic carbocycles. The number of rotatable bonds is 2. The Kier molecular flexibility index (Phi) is 4.46. The molecule has 0 spiro atoms. The highest BCUT2D eigenvalue weighted by Crippen LogP contribution is 2.39. The van der Waals surface area contributed by atoms with E-state index < -0.39 is 10.0 Å². The molecule has 0 bridgehead atoms. The molecule has 22 heavy (non-hydrogen) atoms. The Hall–Kier alpha value is -0.340. The first-order valence-corrected chi connectivity index (χ1v) is 9.45. The second-order valence-corrected chi connectivity index (χ2v) is 8.81. The van der Waals surface area contributed by atoms with Gasteiger partial charge in [-0.15, -0.1) is 12.4 Å². The predicted octanol–water partition coefficient (Wildman–Crippen LogP) is 1.65. The molecule has 0 amide bonds. The Morgan fingerprint density at radius 2 is 1.91 bits per heavy atom. The van der Waals surface area contributed by atoms with Gasteiger partial charge in [-0.25, -0.2) is 8.42 Å². The highest BCUT2D eigenvalue weighted by atomic mass is 79.9. The lowest BCUT2D eigenvalue weighted by atomic mass is 10.0. The Balaban J connectivity index is 0.00000144. The number of ether oxygens (including phenoxy) is 1. The molecule has 2 saturated heterocycles. The van der Waals surface area contributed by atoms with Crippen LogP contribution in [0.15, 0.2) is 21.5 Å². The number of hydrogen-bond acceptors (Lipinski definition) is 4. The van der Waals surface area contributed by atoms with Gasteiger partial charge in [0.05, 0.1) is 6.61 Å². The van der Waals surface area contributed by atoms with Gasteiger partial charge in [0.2, 0.25) is 10.0 Å². The van der Waals surface area contributed by atoms with Gasteiger partial charge in [0.15, 0.2) is 0 Å². The van der Waals surface area contributed by atoms with E-state index in [9.17, 15) is 8.42 Å². The summed E-state index contributed by atoms with van der Waals surface area (Å²) in [5.41, 5.74) is 0.976. The smallest absolute Gasteiger partial charge is 0.246 e. The van der Waals surface area contributed by atoms with Gasteiger partial charge >= 0.3 is 0 Å². The lowest BCUT2D eigenvalue weighted by Gasteiger charge is -2.19. The van der Waals surface area contributed by atoms with Gasteiger partial charge in [-0.2, -0.15) is 4.31 Å². The maximum Gasteiger partial charge on any atom is 0.246 e. The Labute approximate surface area is 145 Å². The van der Waals surface area contributed by atoms with Crippen LogP contribution in [0.25, 0.3) is 0 Å². The van der Waals surface area contributed by atoms with Crippen LogP contribution in [0.2, 0.25) is 0 Å². The monoisotopic (exact) mass is 408 g/mol. The molecule has 8 heteroatoms. The van der Waals surface area contributed by atoms with E-state index in [1.165, 1.54) is 0 Å². The number of sulfonamides is 1. The van der Waals surface area contributed by atoms with Gasteiger partial charge in [-0.3, -0.25) is 0 Å². The maximum atomic E-state index is 13.0. The molecule has 1 aromatic rings. The summed E-state index contributed by atoms with van der Waals surface area (Å²) in [5, 5.41) is 3.33. The van der Waals surface area contributed by atoms with E-state index >= 15 is 0 Å². The van der Waals surface area contributed by atoms with Gasteiger partial charge in [0.1, 0.15) is 10.6 Å². The summed E-state index contributed by atoms with van der Waals surface area (Å²) in [6.07, 6.45) is 0.770. The van der Waals surface area contributed by atoms with E-state index in [0.717, 1.165) is 29.5 Å². The summed E-state index contributed by atoms with van der Waals surface area (Å²) >= 11 is 3.42. The van der Waals surface area contributed by atoms with E-state index in [1.807, 2.05) is 6.07 Å². The summed E-state index contributed by atoms with van der Waals surface area (Å²) in [6, 6.07) is 3.62. The van der Waals surface area contributed by atoms with Crippen molar-refractivity contribution < 1.29 is 13.2 Å². The molecule has 0 aromatic heterocycles. The van der Waals surface area contributed by atoms with E-state index in [1.54, 1.807) is 10.4 Å². The van der Waals surface area contributed by atoms with Crippen molar-refractivity contribution >= 4 is 38.4 Å². The maximum absolute atomic E-state index is 13.0. The molecular formula is C14H18BrClN2O3S. The molecule has 2 atom stereocenters. The second kappa shape index (κ2) is 5.94. The minimum Gasteiger partial charge on any atom is -0.492 e. The summed E-state index contributed by atoms with van der Waals surface area (Å²) in [5.74, 6) is 1.44. The molecule has 3 aliphatic rings. The van der Waals surface area contributed by atoms with Crippen LogP contribution >= 0.6 is 28.3 Å². The second-order valence-electron chi connectivity index (χ2n) is 5.99. The van der Waals surface area contributed by atoms with Crippen LogP contribution in [0.4, 0.5) is 0 Å². The molecule has 0 radical (unpaired) electrons. The van der Waals surface area contributed by atoms with E-state index in [-0.39, 0.29) is 12.4 Å². The van der Waals surface area contributed by atoms with Crippen molar-refractivity contribution in [3.05, 3.63) is 22.2 Å². The largest absolute Gasteiger partial charge is 0.492 e. The zero-order valence-electron chi connectivity index (χ0n) is 11.9. The zero-order valence-corrected chi connectivity index (χ0v) is 15.1. The van der Waals surface area contributed by atoms with E-state index in [4.69, 9.17) is 4.74 Å². The molecule has 1 N–H and O–H groups in total. The lowest BCUT2D eigenvalue weighted by molar-refractivity contribution is 0.346. The fourth-order valence-electron chi connectivity index (χ4n) is 3.57.